The van der Waals surface area contributed by atoms with Crippen LogP contribution in [0.1, 0.15) is 0 Å². The molecule has 4 heteroatoms. The van der Waals surface area contributed by atoms with E-state index >= 15 is 0 Å². The number of hydrogen-bond donors (Lipinski definition) is 0. The summed E-state index contributed by atoms with van der Waals surface area (Å²) in [6, 6.07) is 6.93. The van der Waals surface area contributed by atoms with Crippen LogP contribution in [0.25, 0.3) is 5.69 Å². The van der Waals surface area contributed by atoms with Crippen LogP contribution in [0.5, 0.6) is 0 Å². The summed E-state index contributed by atoms with van der Waals surface area (Å²) in [7, 11) is 0. The van der Waals surface area contributed by atoms with E-state index in [1.807, 2.05) is 0 Å². The lowest BCUT2D eigenvalue weighted by atomic mass is 10.3. The maximum atomic E-state index is 12.5. The summed E-state index contributed by atoms with van der Waals surface area (Å²) >= 11 is 0. The Morgan fingerprint density at radius 2 is 2.33 bits per heavy atom. The molecule has 1 radical (unpaired) electrons. The molecule has 0 fully saturated rings. The second-order valence-corrected chi connectivity index (χ2v) is 2.24. The molecule has 0 saturated heterocycles. The molecule has 12 heavy (non-hydrogen) atoms. The fraction of sp³-hybridized carbons (Fsp3) is 0. The summed E-state index contributed by atoms with van der Waals surface area (Å²) in [5, 5.41) is 7.35. The van der Waals surface area contributed by atoms with Gasteiger partial charge in [0, 0.05) is 6.07 Å². The SMILES string of the molecule is Fc1c[c]c(-n2ccnn2)cc1. The number of nitrogens with zero attached hydrogens (tertiary/aromatic N) is 3. The average Bonchev–Trinajstić information content (AvgIpc) is 2.58. The molecule has 0 atom stereocenters. The van der Waals surface area contributed by atoms with Gasteiger partial charge in [-0.1, -0.05) is 5.21 Å². The zero-order valence-corrected chi connectivity index (χ0v) is 6.11. The van der Waals surface area contributed by atoms with E-state index in [2.05, 4.69) is 16.4 Å². The number of benzene rings is 1. The van der Waals surface area contributed by atoms with E-state index in [1.165, 1.54) is 16.8 Å². The second-order valence-electron chi connectivity index (χ2n) is 2.24. The van der Waals surface area contributed by atoms with Crippen LogP contribution in [-0.2, 0) is 0 Å². The Bertz CT molecular complexity index is 352. The molecule has 0 bridgehead atoms. The molecular weight excluding hydrogens is 157 g/mol. The molecule has 1 aromatic carbocycles. The predicted octanol–water partition coefficient (Wildman–Crippen LogP) is 1.21. The van der Waals surface area contributed by atoms with Crippen LogP contribution in [-0.4, -0.2) is 15.0 Å². The van der Waals surface area contributed by atoms with Crippen LogP contribution < -0.4 is 0 Å². The Labute approximate surface area is 68.4 Å². The number of rotatable bonds is 1. The van der Waals surface area contributed by atoms with E-state index in [0.717, 1.165) is 0 Å². The van der Waals surface area contributed by atoms with Gasteiger partial charge in [-0.15, -0.1) is 5.10 Å². The Hall–Kier alpha value is -1.71. The molecule has 1 heterocycles. The molecule has 1 aromatic heterocycles. The van der Waals surface area contributed by atoms with Crippen molar-refractivity contribution in [2.75, 3.05) is 0 Å². The molecule has 0 amide bonds. The van der Waals surface area contributed by atoms with Crippen LogP contribution in [0, 0.1) is 11.9 Å². The summed E-state index contributed by atoms with van der Waals surface area (Å²) in [5.41, 5.74) is 0.675. The molecule has 0 spiro atoms. The molecule has 59 valence electrons. The smallest absolute Gasteiger partial charge is 0.123 e. The quantitative estimate of drug-likeness (QED) is 0.630. The van der Waals surface area contributed by atoms with E-state index in [0.29, 0.717) is 5.69 Å². The van der Waals surface area contributed by atoms with Gasteiger partial charge in [0.1, 0.15) is 5.82 Å². The highest BCUT2D eigenvalue weighted by atomic mass is 19.1. The van der Waals surface area contributed by atoms with Crippen molar-refractivity contribution in [3.63, 3.8) is 0 Å². The largest absolute Gasteiger partial charge is 0.220 e. The predicted molar refractivity (Wildman–Crippen MR) is 40.2 cm³/mol. The molecular formula is C8H5FN3. The summed E-state index contributed by atoms with van der Waals surface area (Å²) in [6.07, 6.45) is 3.22. The van der Waals surface area contributed by atoms with Crippen LogP contribution in [0.15, 0.2) is 30.6 Å². The van der Waals surface area contributed by atoms with Crippen LogP contribution >= 0.6 is 0 Å². The lowest BCUT2D eigenvalue weighted by Gasteiger charge is -1.96. The maximum Gasteiger partial charge on any atom is 0.123 e. The zero-order valence-electron chi connectivity index (χ0n) is 6.11. The third-order valence-electron chi connectivity index (χ3n) is 1.43. The molecule has 0 aliphatic heterocycles. The molecule has 0 N–H and O–H groups in total. The Morgan fingerprint density at radius 1 is 1.42 bits per heavy atom. The maximum absolute atomic E-state index is 12.5. The highest BCUT2D eigenvalue weighted by Crippen LogP contribution is 2.05. The lowest BCUT2D eigenvalue weighted by molar-refractivity contribution is 0.626. The standard InChI is InChI=1S/C8H5FN3/c9-7-1-3-8(4-2-7)12-6-5-10-11-12/h1-3,5-6H. The first kappa shape index (κ1) is 6.97. The minimum absolute atomic E-state index is 0.307. The highest BCUT2D eigenvalue weighted by molar-refractivity contribution is 5.28. The summed E-state index contributed by atoms with van der Waals surface area (Å²) in [5.74, 6) is -0.307. The van der Waals surface area contributed by atoms with E-state index in [1.54, 1.807) is 18.5 Å². The molecule has 0 unspecified atom stereocenters. The first-order chi connectivity index (χ1) is 5.86. The number of halogens is 1. The average molecular weight is 162 g/mol. The second kappa shape index (κ2) is 2.73. The van der Waals surface area contributed by atoms with Crippen LogP contribution in [0.4, 0.5) is 4.39 Å². The number of hydrogen-bond acceptors (Lipinski definition) is 2. The fourth-order valence-electron chi connectivity index (χ4n) is 0.877. The van der Waals surface area contributed by atoms with Crippen molar-refractivity contribution in [3.05, 3.63) is 42.5 Å². The Balaban J connectivity index is 2.43. The topological polar surface area (TPSA) is 30.7 Å². The van der Waals surface area contributed by atoms with Crippen LogP contribution in [0.2, 0.25) is 0 Å². The van der Waals surface area contributed by atoms with Gasteiger partial charge in [-0.3, -0.25) is 0 Å². The summed E-state index contributed by atoms with van der Waals surface area (Å²) in [4.78, 5) is 0. The number of aromatic nitrogens is 3. The van der Waals surface area contributed by atoms with Gasteiger partial charge in [0.25, 0.3) is 0 Å². The zero-order chi connectivity index (χ0) is 8.39. The van der Waals surface area contributed by atoms with Crippen LogP contribution in [0.3, 0.4) is 0 Å². The van der Waals surface area contributed by atoms with Gasteiger partial charge in [0.2, 0.25) is 0 Å². The molecule has 2 rings (SSSR count). The molecule has 0 aliphatic carbocycles. The van der Waals surface area contributed by atoms with Crippen molar-refractivity contribution in [2.24, 2.45) is 0 Å². The van der Waals surface area contributed by atoms with Crippen molar-refractivity contribution in [1.82, 2.24) is 15.0 Å². The van der Waals surface area contributed by atoms with Gasteiger partial charge in [0.15, 0.2) is 0 Å². The van der Waals surface area contributed by atoms with Crippen molar-refractivity contribution in [2.45, 2.75) is 0 Å². The minimum atomic E-state index is -0.307. The van der Waals surface area contributed by atoms with E-state index in [-0.39, 0.29) is 5.82 Å². The first-order valence-corrected chi connectivity index (χ1v) is 3.40. The van der Waals surface area contributed by atoms with Gasteiger partial charge < -0.3 is 0 Å². The monoisotopic (exact) mass is 162 g/mol. The fourth-order valence-corrected chi connectivity index (χ4v) is 0.877. The van der Waals surface area contributed by atoms with E-state index in [4.69, 9.17) is 0 Å². The van der Waals surface area contributed by atoms with E-state index in [9.17, 15) is 4.39 Å². The van der Waals surface area contributed by atoms with Crippen molar-refractivity contribution in [3.8, 4) is 5.69 Å². The molecule has 0 aliphatic rings. The third kappa shape index (κ3) is 1.18. The summed E-state index contributed by atoms with van der Waals surface area (Å²) < 4.78 is 14.0. The lowest BCUT2D eigenvalue weighted by Crippen LogP contribution is -1.94. The minimum Gasteiger partial charge on any atom is -0.220 e. The molecule has 0 saturated carbocycles. The van der Waals surface area contributed by atoms with Gasteiger partial charge in [-0.25, -0.2) is 9.07 Å². The molecule has 2 aromatic rings. The van der Waals surface area contributed by atoms with Gasteiger partial charge in [-0.05, 0) is 18.2 Å². The third-order valence-corrected chi connectivity index (χ3v) is 1.43. The highest BCUT2D eigenvalue weighted by Gasteiger charge is 1.96. The normalized spacial score (nSPS) is 10.1. The van der Waals surface area contributed by atoms with Crippen molar-refractivity contribution in [1.29, 1.82) is 0 Å². The molecule has 3 nitrogen and oxygen atoms in total. The summed E-state index contributed by atoms with van der Waals surface area (Å²) in [6.45, 7) is 0. The van der Waals surface area contributed by atoms with Gasteiger partial charge in [0.05, 0.1) is 18.1 Å². The van der Waals surface area contributed by atoms with Crippen molar-refractivity contribution >= 4 is 0 Å². The Morgan fingerprint density at radius 3 is 2.92 bits per heavy atom. The Kier molecular flexibility index (Phi) is 1.59. The van der Waals surface area contributed by atoms with Gasteiger partial charge in [-0.2, -0.15) is 0 Å². The van der Waals surface area contributed by atoms with E-state index < -0.39 is 0 Å². The van der Waals surface area contributed by atoms with Crippen molar-refractivity contribution < 1.29 is 4.39 Å². The first-order valence-electron chi connectivity index (χ1n) is 3.40. The van der Waals surface area contributed by atoms with Gasteiger partial charge >= 0.3 is 0 Å².